The first-order valence-electron chi connectivity index (χ1n) is 9.37. The Kier molecular flexibility index (Phi) is 6.99. The highest BCUT2D eigenvalue weighted by Crippen LogP contribution is 2.11. The molecule has 3 aromatic rings. The number of aryl methyl sites for hydroxylation is 2. The summed E-state index contributed by atoms with van der Waals surface area (Å²) >= 11 is 0. The van der Waals surface area contributed by atoms with Gasteiger partial charge in [-0.25, -0.2) is 4.98 Å². The lowest BCUT2D eigenvalue weighted by Crippen LogP contribution is -2.12. The number of hydrogen-bond donors (Lipinski definition) is 2. The highest BCUT2D eigenvalue weighted by atomic mass is 16.1. The molecule has 0 saturated heterocycles. The van der Waals surface area contributed by atoms with E-state index < -0.39 is 0 Å². The minimum atomic E-state index is 0.00391. The van der Waals surface area contributed by atoms with Gasteiger partial charge in [0.25, 0.3) is 0 Å². The quantitative estimate of drug-likeness (QED) is 0.545. The number of aromatic nitrogens is 1. The van der Waals surface area contributed by atoms with Gasteiger partial charge in [-0.3, -0.25) is 4.79 Å². The van der Waals surface area contributed by atoms with E-state index in [0.717, 1.165) is 37.3 Å². The summed E-state index contributed by atoms with van der Waals surface area (Å²) in [7, 11) is 0. The molecule has 0 aliphatic rings. The predicted molar refractivity (Wildman–Crippen MR) is 111 cm³/mol. The number of carbonyl (C=O) groups is 1. The van der Waals surface area contributed by atoms with E-state index in [-0.39, 0.29) is 5.91 Å². The van der Waals surface area contributed by atoms with Crippen LogP contribution in [0.5, 0.6) is 0 Å². The van der Waals surface area contributed by atoms with Crippen LogP contribution in [0.4, 0.5) is 11.5 Å². The highest BCUT2D eigenvalue weighted by molar-refractivity contribution is 5.90. The van der Waals surface area contributed by atoms with Gasteiger partial charge in [-0.2, -0.15) is 0 Å². The van der Waals surface area contributed by atoms with Crippen molar-refractivity contribution in [3.63, 3.8) is 0 Å². The average molecular weight is 359 g/mol. The van der Waals surface area contributed by atoms with Crippen molar-refractivity contribution in [1.29, 1.82) is 0 Å². The first-order chi connectivity index (χ1) is 13.3. The lowest BCUT2D eigenvalue weighted by molar-refractivity contribution is -0.116. The third-order valence-electron chi connectivity index (χ3n) is 4.32. The molecule has 0 atom stereocenters. The number of nitrogens with zero attached hydrogens (tertiary/aromatic N) is 1. The van der Waals surface area contributed by atoms with Crippen molar-refractivity contribution in [2.24, 2.45) is 0 Å². The van der Waals surface area contributed by atoms with Crippen LogP contribution in [0.1, 0.15) is 24.0 Å². The largest absolute Gasteiger partial charge is 0.370 e. The van der Waals surface area contributed by atoms with Crippen LogP contribution in [0.2, 0.25) is 0 Å². The van der Waals surface area contributed by atoms with Crippen LogP contribution in [0.25, 0.3) is 0 Å². The summed E-state index contributed by atoms with van der Waals surface area (Å²) in [4.78, 5) is 16.4. The van der Waals surface area contributed by atoms with Crippen LogP contribution in [0.3, 0.4) is 0 Å². The molecule has 0 saturated carbocycles. The van der Waals surface area contributed by atoms with E-state index >= 15 is 0 Å². The lowest BCUT2D eigenvalue weighted by atomic mass is 10.1. The molecule has 0 unspecified atom stereocenters. The predicted octanol–water partition coefficient (Wildman–Crippen LogP) is 4.70. The van der Waals surface area contributed by atoms with Crippen LogP contribution in [-0.4, -0.2) is 17.4 Å². The second kappa shape index (κ2) is 10.1. The molecular weight excluding hydrogens is 334 g/mol. The minimum absolute atomic E-state index is 0.00391. The molecule has 4 heteroatoms. The van der Waals surface area contributed by atoms with Crippen LogP contribution in [0, 0.1) is 0 Å². The normalized spacial score (nSPS) is 10.4. The fourth-order valence-electron chi connectivity index (χ4n) is 2.85. The molecule has 3 rings (SSSR count). The first-order valence-corrected chi connectivity index (χ1v) is 9.37. The van der Waals surface area contributed by atoms with Gasteiger partial charge in [0.05, 0.1) is 11.9 Å². The molecule has 0 fully saturated rings. The maximum atomic E-state index is 12.1. The summed E-state index contributed by atoms with van der Waals surface area (Å²) in [6.07, 6.45) is 4.98. The van der Waals surface area contributed by atoms with Crippen LogP contribution >= 0.6 is 0 Å². The molecule has 2 aromatic carbocycles. The van der Waals surface area contributed by atoms with Gasteiger partial charge in [0.2, 0.25) is 5.91 Å². The SMILES string of the molecule is O=C(CCc1ccccc1)Nc1ccc(NCCCc2ccccc2)nc1. The molecule has 1 aromatic heterocycles. The average Bonchev–Trinajstić information content (AvgIpc) is 2.72. The van der Waals surface area contributed by atoms with Crippen molar-refractivity contribution in [2.75, 3.05) is 17.2 Å². The number of nitrogens with one attached hydrogen (secondary N) is 2. The van der Waals surface area contributed by atoms with E-state index in [1.807, 2.05) is 48.5 Å². The number of carbonyl (C=O) groups excluding carboxylic acids is 1. The molecule has 2 N–H and O–H groups in total. The monoisotopic (exact) mass is 359 g/mol. The van der Waals surface area contributed by atoms with Gasteiger partial charge in [0.15, 0.2) is 0 Å². The molecule has 0 radical (unpaired) electrons. The Balaban J connectivity index is 1.37. The van der Waals surface area contributed by atoms with Crippen molar-refractivity contribution < 1.29 is 4.79 Å². The zero-order chi connectivity index (χ0) is 18.7. The summed E-state index contributed by atoms with van der Waals surface area (Å²) in [6, 6.07) is 24.3. The Hall–Kier alpha value is -3.14. The third kappa shape index (κ3) is 6.59. The van der Waals surface area contributed by atoms with E-state index in [4.69, 9.17) is 0 Å². The van der Waals surface area contributed by atoms with Crippen molar-refractivity contribution in [3.05, 3.63) is 90.1 Å². The Morgan fingerprint density at radius 1 is 0.815 bits per heavy atom. The second-order valence-corrected chi connectivity index (χ2v) is 6.48. The highest BCUT2D eigenvalue weighted by Gasteiger charge is 2.04. The summed E-state index contributed by atoms with van der Waals surface area (Å²) in [5.41, 5.74) is 3.24. The van der Waals surface area contributed by atoms with Crippen LogP contribution < -0.4 is 10.6 Å². The maximum absolute atomic E-state index is 12.1. The zero-order valence-electron chi connectivity index (χ0n) is 15.4. The third-order valence-corrected chi connectivity index (χ3v) is 4.32. The van der Waals surface area contributed by atoms with E-state index in [2.05, 4.69) is 39.9 Å². The Morgan fingerprint density at radius 3 is 2.11 bits per heavy atom. The number of benzene rings is 2. The fraction of sp³-hybridized carbons (Fsp3) is 0.217. The van der Waals surface area contributed by atoms with Gasteiger partial charge in [0, 0.05) is 13.0 Å². The molecule has 0 aliphatic carbocycles. The molecule has 138 valence electrons. The molecule has 0 spiro atoms. The van der Waals surface area contributed by atoms with Crippen LogP contribution in [0.15, 0.2) is 79.0 Å². The fourth-order valence-corrected chi connectivity index (χ4v) is 2.85. The van der Waals surface area contributed by atoms with Gasteiger partial charge in [0.1, 0.15) is 5.82 Å². The Morgan fingerprint density at radius 2 is 1.48 bits per heavy atom. The minimum Gasteiger partial charge on any atom is -0.370 e. The molecule has 0 aliphatic heterocycles. The lowest BCUT2D eigenvalue weighted by Gasteiger charge is -2.08. The smallest absolute Gasteiger partial charge is 0.224 e. The van der Waals surface area contributed by atoms with Gasteiger partial charge >= 0.3 is 0 Å². The molecule has 4 nitrogen and oxygen atoms in total. The van der Waals surface area contributed by atoms with Crippen LogP contribution in [-0.2, 0) is 17.6 Å². The van der Waals surface area contributed by atoms with Gasteiger partial charge in [-0.15, -0.1) is 0 Å². The van der Waals surface area contributed by atoms with E-state index in [1.165, 1.54) is 11.1 Å². The van der Waals surface area contributed by atoms with Crippen molar-refractivity contribution in [3.8, 4) is 0 Å². The van der Waals surface area contributed by atoms with E-state index in [1.54, 1.807) is 6.20 Å². The van der Waals surface area contributed by atoms with E-state index in [9.17, 15) is 4.79 Å². The standard InChI is InChI=1S/C23H25N3O/c27-23(16-13-20-10-5-2-6-11-20)26-21-14-15-22(25-18-21)24-17-7-12-19-8-3-1-4-9-19/h1-6,8-11,14-15,18H,7,12-13,16-17H2,(H,24,25)(H,26,27). The Bertz CT molecular complexity index is 817. The van der Waals surface area contributed by atoms with Gasteiger partial charge in [-0.05, 0) is 42.5 Å². The zero-order valence-corrected chi connectivity index (χ0v) is 15.4. The topological polar surface area (TPSA) is 54.0 Å². The molecule has 1 amide bonds. The molecule has 1 heterocycles. The van der Waals surface area contributed by atoms with E-state index in [0.29, 0.717) is 6.42 Å². The number of hydrogen-bond acceptors (Lipinski definition) is 3. The number of pyridine rings is 1. The summed E-state index contributed by atoms with van der Waals surface area (Å²) in [6.45, 7) is 0.866. The molecular formula is C23H25N3O. The summed E-state index contributed by atoms with van der Waals surface area (Å²) in [5, 5.41) is 6.22. The molecule has 27 heavy (non-hydrogen) atoms. The molecule has 0 bridgehead atoms. The van der Waals surface area contributed by atoms with Gasteiger partial charge in [-0.1, -0.05) is 60.7 Å². The maximum Gasteiger partial charge on any atom is 0.224 e. The van der Waals surface area contributed by atoms with Crippen molar-refractivity contribution in [2.45, 2.75) is 25.7 Å². The Labute approximate surface area is 160 Å². The summed E-state index contributed by atoms with van der Waals surface area (Å²) < 4.78 is 0. The second-order valence-electron chi connectivity index (χ2n) is 6.48. The first kappa shape index (κ1) is 18.6. The van der Waals surface area contributed by atoms with Crippen molar-refractivity contribution in [1.82, 2.24) is 4.98 Å². The van der Waals surface area contributed by atoms with Crippen molar-refractivity contribution >= 4 is 17.4 Å². The number of anilines is 2. The van der Waals surface area contributed by atoms with Gasteiger partial charge < -0.3 is 10.6 Å². The summed E-state index contributed by atoms with van der Waals surface area (Å²) in [5.74, 6) is 0.828. The number of amides is 1. The number of rotatable bonds is 9.